The van der Waals surface area contributed by atoms with Crippen molar-refractivity contribution in [1.82, 2.24) is 4.90 Å². The Balaban J connectivity index is 1.85. The summed E-state index contributed by atoms with van der Waals surface area (Å²) in [4.78, 5) is 3.25. The Morgan fingerprint density at radius 1 is 1.24 bits per heavy atom. The highest BCUT2D eigenvalue weighted by molar-refractivity contribution is 8.00. The molecule has 1 aliphatic rings. The molecule has 92 valence electrons. The molecule has 0 aliphatic carbocycles. The van der Waals surface area contributed by atoms with E-state index in [0.29, 0.717) is 5.75 Å². The zero-order valence-corrected chi connectivity index (χ0v) is 11.4. The van der Waals surface area contributed by atoms with Crippen molar-refractivity contribution >= 4 is 29.2 Å². The predicted molar refractivity (Wildman–Crippen MR) is 75.3 cm³/mol. The molecule has 0 unspecified atom stereocenters. The third-order valence-corrected chi connectivity index (χ3v) is 4.47. The van der Waals surface area contributed by atoms with E-state index in [9.17, 15) is 0 Å². The van der Waals surface area contributed by atoms with Crippen molar-refractivity contribution in [2.75, 3.05) is 18.8 Å². The fraction of sp³-hybridized carbons (Fsp3) is 0.462. The van der Waals surface area contributed by atoms with E-state index in [2.05, 4.69) is 4.90 Å². The van der Waals surface area contributed by atoms with Crippen LogP contribution in [-0.2, 0) is 0 Å². The third kappa shape index (κ3) is 3.65. The molecule has 1 fully saturated rings. The molecule has 17 heavy (non-hydrogen) atoms. The molecule has 0 amide bonds. The monoisotopic (exact) mass is 268 g/mol. The van der Waals surface area contributed by atoms with Gasteiger partial charge in [-0.05, 0) is 31.4 Å². The van der Waals surface area contributed by atoms with Crippen molar-refractivity contribution < 1.29 is 0 Å². The van der Waals surface area contributed by atoms with Crippen LogP contribution in [0.3, 0.4) is 0 Å². The average molecular weight is 269 g/mol. The first-order chi connectivity index (χ1) is 8.27. The lowest BCUT2D eigenvalue weighted by atomic mass is 10.1. The smallest absolute Gasteiger partial charge is 0.106 e. The number of hydrogen-bond acceptors (Lipinski definition) is 2. The molecule has 2 nitrogen and oxygen atoms in total. The quantitative estimate of drug-likeness (QED) is 0.511. The van der Waals surface area contributed by atoms with E-state index in [0.717, 1.165) is 28.8 Å². The minimum Gasteiger partial charge on any atom is -0.360 e. The topological polar surface area (TPSA) is 27.1 Å². The number of hydrogen-bond donors (Lipinski definition) is 1. The predicted octanol–water partition coefficient (Wildman–Crippen LogP) is 3.90. The van der Waals surface area contributed by atoms with Gasteiger partial charge in [0.15, 0.2) is 0 Å². The van der Waals surface area contributed by atoms with Crippen molar-refractivity contribution in [2.45, 2.75) is 24.2 Å². The summed E-state index contributed by atoms with van der Waals surface area (Å²) < 4.78 is 0. The van der Waals surface area contributed by atoms with Crippen molar-refractivity contribution in [2.24, 2.45) is 0 Å². The van der Waals surface area contributed by atoms with Crippen LogP contribution in [0.4, 0.5) is 0 Å². The molecule has 1 heterocycles. The van der Waals surface area contributed by atoms with Gasteiger partial charge in [0.2, 0.25) is 0 Å². The number of amidine groups is 1. The molecular formula is C13H17ClN2S. The molecule has 0 atom stereocenters. The van der Waals surface area contributed by atoms with E-state index in [-0.39, 0.29) is 0 Å². The van der Waals surface area contributed by atoms with E-state index in [1.165, 1.54) is 19.3 Å². The number of benzene rings is 1. The van der Waals surface area contributed by atoms with Crippen LogP contribution >= 0.6 is 23.4 Å². The first-order valence-corrected chi connectivity index (χ1v) is 7.33. The standard InChI is InChI=1S/C13H17ClN2S/c14-11-6-2-3-7-12(11)17-10-13(15)16-8-4-1-5-9-16/h2-3,6-7,15H,1,4-5,8-10H2. The Kier molecular flexibility index (Phi) is 4.75. The highest BCUT2D eigenvalue weighted by Gasteiger charge is 2.13. The van der Waals surface area contributed by atoms with E-state index in [1.54, 1.807) is 11.8 Å². The van der Waals surface area contributed by atoms with Gasteiger partial charge in [-0.2, -0.15) is 0 Å². The van der Waals surface area contributed by atoms with Gasteiger partial charge in [0.1, 0.15) is 5.84 Å². The largest absolute Gasteiger partial charge is 0.360 e. The van der Waals surface area contributed by atoms with Gasteiger partial charge in [-0.1, -0.05) is 23.7 Å². The second-order valence-electron chi connectivity index (χ2n) is 4.21. The van der Waals surface area contributed by atoms with Gasteiger partial charge in [-0.15, -0.1) is 11.8 Å². The van der Waals surface area contributed by atoms with Crippen LogP contribution in [0, 0.1) is 5.41 Å². The molecular weight excluding hydrogens is 252 g/mol. The molecule has 1 N–H and O–H groups in total. The maximum Gasteiger partial charge on any atom is 0.106 e. The summed E-state index contributed by atoms with van der Waals surface area (Å²) in [5.74, 6) is 1.44. The molecule has 0 aromatic heterocycles. The Morgan fingerprint density at radius 2 is 1.94 bits per heavy atom. The molecule has 0 saturated carbocycles. The number of nitrogens with one attached hydrogen (secondary N) is 1. The van der Waals surface area contributed by atoms with Crippen LogP contribution in [0.25, 0.3) is 0 Å². The van der Waals surface area contributed by atoms with Crippen molar-refractivity contribution in [3.8, 4) is 0 Å². The molecule has 2 rings (SSSR count). The number of rotatable bonds is 3. The van der Waals surface area contributed by atoms with Crippen molar-refractivity contribution in [1.29, 1.82) is 5.41 Å². The van der Waals surface area contributed by atoms with Gasteiger partial charge in [0, 0.05) is 18.0 Å². The molecule has 4 heteroatoms. The number of thioether (sulfide) groups is 1. The summed E-state index contributed by atoms with van der Waals surface area (Å²) in [5, 5.41) is 8.85. The number of halogens is 1. The molecule has 1 saturated heterocycles. The molecule has 0 spiro atoms. The van der Waals surface area contributed by atoms with Crippen LogP contribution in [0.2, 0.25) is 5.02 Å². The Morgan fingerprint density at radius 3 is 2.65 bits per heavy atom. The lowest BCUT2D eigenvalue weighted by molar-refractivity contribution is 0.339. The fourth-order valence-electron chi connectivity index (χ4n) is 1.96. The normalized spacial score (nSPS) is 15.9. The van der Waals surface area contributed by atoms with Gasteiger partial charge in [0.25, 0.3) is 0 Å². The molecule has 0 bridgehead atoms. The molecule has 1 aromatic rings. The molecule has 1 aromatic carbocycles. The Labute approximate surface area is 112 Å². The van der Waals surface area contributed by atoms with E-state index in [4.69, 9.17) is 17.0 Å². The highest BCUT2D eigenvalue weighted by Crippen LogP contribution is 2.27. The zero-order valence-electron chi connectivity index (χ0n) is 9.79. The van der Waals surface area contributed by atoms with E-state index >= 15 is 0 Å². The van der Waals surface area contributed by atoms with Gasteiger partial charge in [-0.3, -0.25) is 5.41 Å². The second-order valence-corrected chi connectivity index (χ2v) is 5.64. The minimum absolute atomic E-state index is 0.712. The molecule has 1 aliphatic heterocycles. The maximum atomic E-state index is 8.06. The summed E-state index contributed by atoms with van der Waals surface area (Å²) in [6, 6.07) is 7.83. The average Bonchev–Trinajstić information content (AvgIpc) is 2.38. The second kappa shape index (κ2) is 6.31. The maximum absolute atomic E-state index is 8.06. The number of likely N-dealkylation sites (tertiary alicyclic amines) is 1. The van der Waals surface area contributed by atoms with Crippen molar-refractivity contribution in [3.63, 3.8) is 0 Å². The van der Waals surface area contributed by atoms with E-state index in [1.807, 2.05) is 24.3 Å². The van der Waals surface area contributed by atoms with E-state index < -0.39 is 0 Å². The van der Waals surface area contributed by atoms with Gasteiger partial charge < -0.3 is 4.90 Å². The first kappa shape index (κ1) is 12.8. The van der Waals surface area contributed by atoms with Gasteiger partial charge in [-0.25, -0.2) is 0 Å². The summed E-state index contributed by atoms with van der Waals surface area (Å²) in [7, 11) is 0. The zero-order chi connectivity index (χ0) is 12.1. The summed E-state index contributed by atoms with van der Waals surface area (Å²) in [5.41, 5.74) is 0. The van der Waals surface area contributed by atoms with Crippen LogP contribution in [0.1, 0.15) is 19.3 Å². The minimum atomic E-state index is 0.712. The fourth-order valence-corrected chi connectivity index (χ4v) is 3.12. The van der Waals surface area contributed by atoms with Crippen LogP contribution in [0.5, 0.6) is 0 Å². The summed E-state index contributed by atoms with van der Waals surface area (Å²) in [6.07, 6.45) is 3.75. The van der Waals surface area contributed by atoms with Crippen LogP contribution in [0.15, 0.2) is 29.2 Å². The molecule has 0 radical (unpaired) electrons. The summed E-state index contributed by atoms with van der Waals surface area (Å²) >= 11 is 7.74. The SMILES string of the molecule is N=C(CSc1ccccc1Cl)N1CCCCC1. The first-order valence-electron chi connectivity index (χ1n) is 5.97. The lowest BCUT2D eigenvalue weighted by Crippen LogP contribution is -2.36. The highest BCUT2D eigenvalue weighted by atomic mass is 35.5. The lowest BCUT2D eigenvalue weighted by Gasteiger charge is -2.28. The van der Waals surface area contributed by atoms with Crippen molar-refractivity contribution in [3.05, 3.63) is 29.3 Å². The van der Waals surface area contributed by atoms with Crippen LogP contribution < -0.4 is 0 Å². The van der Waals surface area contributed by atoms with Gasteiger partial charge >= 0.3 is 0 Å². The van der Waals surface area contributed by atoms with Crippen LogP contribution in [-0.4, -0.2) is 29.6 Å². The Hall–Kier alpha value is -0.670. The van der Waals surface area contributed by atoms with Gasteiger partial charge in [0.05, 0.1) is 10.8 Å². The Bertz CT molecular complexity index is 389. The third-order valence-electron chi connectivity index (χ3n) is 2.94. The number of nitrogens with zero attached hydrogens (tertiary/aromatic N) is 1. The number of piperidine rings is 1. The summed E-state index contributed by atoms with van der Waals surface area (Å²) in [6.45, 7) is 2.09.